The Balaban J connectivity index is 1.96. The average molecular weight is 365 g/mol. The van der Waals surface area contributed by atoms with E-state index >= 15 is 0 Å². The second-order valence-corrected chi connectivity index (χ2v) is 8.80. The molecule has 0 bridgehead atoms. The summed E-state index contributed by atoms with van der Waals surface area (Å²) in [6.45, 7) is 7.99. The van der Waals surface area contributed by atoms with E-state index in [2.05, 4.69) is 0 Å². The van der Waals surface area contributed by atoms with Crippen LogP contribution in [-0.4, -0.2) is 8.80 Å². The van der Waals surface area contributed by atoms with Gasteiger partial charge in [0.2, 0.25) is 0 Å². The zero-order valence-electron chi connectivity index (χ0n) is 15.7. The van der Waals surface area contributed by atoms with Gasteiger partial charge in [-0.3, -0.25) is 0 Å². The van der Waals surface area contributed by atoms with Gasteiger partial charge in [0.15, 0.2) is 0 Å². The molecule has 0 amide bonds. The second-order valence-electron chi connectivity index (χ2n) is 6.47. The van der Waals surface area contributed by atoms with Crippen LogP contribution in [0.4, 0.5) is 0 Å². The van der Waals surface area contributed by atoms with Crippen LogP contribution in [0.3, 0.4) is 0 Å². The molecule has 26 heavy (non-hydrogen) atoms. The van der Waals surface area contributed by atoms with Gasteiger partial charge in [0.1, 0.15) is 17.2 Å². The zero-order chi connectivity index (χ0) is 18.6. The van der Waals surface area contributed by atoms with Crippen molar-refractivity contribution in [1.29, 1.82) is 0 Å². The van der Waals surface area contributed by atoms with Gasteiger partial charge in [0.25, 0.3) is 0 Å². The van der Waals surface area contributed by atoms with Crippen LogP contribution in [0.5, 0.6) is 17.2 Å². The minimum atomic E-state index is -3.07. The van der Waals surface area contributed by atoms with Crippen LogP contribution < -0.4 is 13.3 Å². The maximum absolute atomic E-state index is 6.35. The lowest BCUT2D eigenvalue weighted by atomic mass is 10.2. The van der Waals surface area contributed by atoms with E-state index in [-0.39, 0.29) is 0 Å². The highest BCUT2D eigenvalue weighted by molar-refractivity contribution is 6.61. The maximum atomic E-state index is 6.35. The predicted molar refractivity (Wildman–Crippen MR) is 107 cm³/mol. The van der Waals surface area contributed by atoms with Crippen LogP contribution in [0.25, 0.3) is 0 Å². The summed E-state index contributed by atoms with van der Waals surface area (Å²) in [5, 5.41) is 0. The van der Waals surface area contributed by atoms with Gasteiger partial charge < -0.3 is 13.3 Å². The van der Waals surface area contributed by atoms with E-state index in [0.29, 0.717) is 0 Å². The van der Waals surface area contributed by atoms with Gasteiger partial charge in [-0.15, -0.1) is 0 Å². The Morgan fingerprint density at radius 3 is 1.04 bits per heavy atom. The van der Waals surface area contributed by atoms with Gasteiger partial charge in [-0.2, -0.15) is 0 Å². The Labute approximate surface area is 156 Å². The molecule has 0 aliphatic carbocycles. The van der Waals surface area contributed by atoms with E-state index < -0.39 is 8.80 Å². The Bertz CT molecular complexity index is 776. The van der Waals surface area contributed by atoms with Crippen LogP contribution in [0.1, 0.15) is 16.7 Å². The molecule has 0 fully saturated rings. The average Bonchev–Trinajstić information content (AvgIpc) is 2.61. The molecule has 3 aromatic rings. The highest BCUT2D eigenvalue weighted by Gasteiger charge is 2.44. The van der Waals surface area contributed by atoms with Crippen molar-refractivity contribution in [1.82, 2.24) is 0 Å². The van der Waals surface area contributed by atoms with Crippen LogP contribution in [-0.2, 0) is 0 Å². The lowest BCUT2D eigenvalue weighted by Crippen LogP contribution is -2.52. The van der Waals surface area contributed by atoms with Crippen LogP contribution in [0, 0.1) is 20.8 Å². The van der Waals surface area contributed by atoms with Crippen molar-refractivity contribution in [3.63, 3.8) is 0 Å². The Morgan fingerprint density at radius 2 is 0.769 bits per heavy atom. The Hall–Kier alpha value is -2.72. The number of benzene rings is 3. The first kappa shape index (κ1) is 18.1. The molecular weight excluding hydrogens is 340 g/mol. The fourth-order valence-electron chi connectivity index (χ4n) is 2.67. The quantitative estimate of drug-likeness (QED) is 0.524. The molecule has 4 heteroatoms. The van der Waals surface area contributed by atoms with Crippen LogP contribution >= 0.6 is 0 Å². The predicted octanol–water partition coefficient (Wildman–Crippen LogP) is 5.72. The normalized spacial score (nSPS) is 11.1. The number of aryl methyl sites for hydroxylation is 3. The van der Waals surface area contributed by atoms with Crippen LogP contribution in [0.15, 0.2) is 72.8 Å². The van der Waals surface area contributed by atoms with Crippen molar-refractivity contribution >= 4 is 8.80 Å². The summed E-state index contributed by atoms with van der Waals surface area (Å²) in [5.74, 6) is 2.34. The smallest absolute Gasteiger partial charge is 0.483 e. The molecule has 134 valence electrons. The van der Waals surface area contributed by atoms with Crippen molar-refractivity contribution in [2.24, 2.45) is 0 Å². The number of hydrogen-bond acceptors (Lipinski definition) is 3. The molecular formula is C22H24O3Si. The van der Waals surface area contributed by atoms with Gasteiger partial charge in [-0.25, -0.2) is 0 Å². The fourth-order valence-corrected chi connectivity index (χ4v) is 4.69. The van der Waals surface area contributed by atoms with E-state index in [0.717, 1.165) is 33.9 Å². The molecule has 0 aliphatic heterocycles. The minimum Gasteiger partial charge on any atom is -0.483 e. The van der Waals surface area contributed by atoms with Crippen LogP contribution in [0.2, 0.25) is 6.55 Å². The van der Waals surface area contributed by atoms with Gasteiger partial charge >= 0.3 is 8.80 Å². The molecule has 3 rings (SSSR count). The molecule has 0 unspecified atom stereocenters. The number of para-hydroxylation sites is 3. The molecule has 0 saturated carbocycles. The SMILES string of the molecule is Cc1ccccc1O[Si](C)(Oc1ccccc1C)Oc1ccccc1C. The molecule has 0 spiro atoms. The zero-order valence-corrected chi connectivity index (χ0v) is 16.7. The Morgan fingerprint density at radius 1 is 0.500 bits per heavy atom. The third kappa shape index (κ3) is 4.27. The third-order valence-corrected chi connectivity index (χ3v) is 5.94. The molecule has 0 heterocycles. The second kappa shape index (κ2) is 7.66. The van der Waals surface area contributed by atoms with E-state index in [1.807, 2.05) is 100 Å². The highest BCUT2D eigenvalue weighted by atomic mass is 28.4. The topological polar surface area (TPSA) is 27.7 Å². The van der Waals surface area contributed by atoms with Crippen molar-refractivity contribution in [2.45, 2.75) is 27.3 Å². The highest BCUT2D eigenvalue weighted by Crippen LogP contribution is 2.28. The lowest BCUT2D eigenvalue weighted by Gasteiger charge is -2.29. The molecule has 0 atom stereocenters. The molecule has 0 aromatic heterocycles. The first-order valence-electron chi connectivity index (χ1n) is 8.71. The number of hydrogen-bond donors (Lipinski definition) is 0. The first-order chi connectivity index (χ1) is 12.5. The molecule has 3 nitrogen and oxygen atoms in total. The molecule has 0 radical (unpaired) electrons. The van der Waals surface area contributed by atoms with E-state index in [4.69, 9.17) is 13.3 Å². The summed E-state index contributed by atoms with van der Waals surface area (Å²) in [6.07, 6.45) is 0. The monoisotopic (exact) mass is 364 g/mol. The van der Waals surface area contributed by atoms with E-state index in [1.54, 1.807) is 0 Å². The summed E-state index contributed by atoms with van der Waals surface area (Å²) in [6, 6.07) is 23.7. The number of rotatable bonds is 6. The van der Waals surface area contributed by atoms with Crippen molar-refractivity contribution < 1.29 is 13.3 Å². The molecule has 0 N–H and O–H groups in total. The first-order valence-corrected chi connectivity index (χ1v) is 10.9. The summed E-state index contributed by atoms with van der Waals surface area (Å²) in [5.41, 5.74) is 3.15. The summed E-state index contributed by atoms with van der Waals surface area (Å²) >= 11 is 0. The van der Waals surface area contributed by atoms with Crippen molar-refractivity contribution in [3.8, 4) is 17.2 Å². The van der Waals surface area contributed by atoms with Gasteiger partial charge in [-0.1, -0.05) is 54.6 Å². The summed E-state index contributed by atoms with van der Waals surface area (Å²) in [4.78, 5) is 0. The summed E-state index contributed by atoms with van der Waals surface area (Å²) in [7, 11) is -3.07. The largest absolute Gasteiger partial charge is 0.696 e. The molecule has 0 aliphatic rings. The van der Waals surface area contributed by atoms with E-state index in [9.17, 15) is 0 Å². The lowest BCUT2D eigenvalue weighted by molar-refractivity contribution is 0.269. The van der Waals surface area contributed by atoms with Gasteiger partial charge in [0.05, 0.1) is 0 Å². The standard InChI is InChI=1S/C22H24O3Si/c1-17-11-5-8-14-20(17)23-26(4,24-21-15-9-6-12-18(21)2)25-22-16-10-7-13-19(22)3/h5-16H,1-4H3. The molecule has 3 aromatic carbocycles. The Kier molecular flexibility index (Phi) is 5.33. The van der Waals surface area contributed by atoms with Crippen molar-refractivity contribution in [3.05, 3.63) is 89.5 Å². The minimum absolute atomic E-state index is 0.781. The van der Waals surface area contributed by atoms with Gasteiger partial charge in [0, 0.05) is 6.55 Å². The fraction of sp³-hybridized carbons (Fsp3) is 0.182. The molecule has 0 saturated heterocycles. The van der Waals surface area contributed by atoms with E-state index in [1.165, 1.54) is 0 Å². The maximum Gasteiger partial charge on any atom is 0.696 e. The summed E-state index contributed by atoms with van der Waals surface area (Å²) < 4.78 is 19.0. The van der Waals surface area contributed by atoms with Gasteiger partial charge in [-0.05, 0) is 55.7 Å². The third-order valence-electron chi connectivity index (χ3n) is 4.17. The van der Waals surface area contributed by atoms with Crippen molar-refractivity contribution in [2.75, 3.05) is 0 Å².